The van der Waals surface area contributed by atoms with Crippen LogP contribution in [0.25, 0.3) is 0 Å². The lowest BCUT2D eigenvalue weighted by atomic mass is 10.1. The summed E-state index contributed by atoms with van der Waals surface area (Å²) in [5, 5.41) is 3.66. The SMILES string of the molecule is CCNC1c2ccccc2CC1N(C)Cc1ccccn1. The minimum Gasteiger partial charge on any atom is -0.309 e. The molecule has 1 aromatic heterocycles. The first kappa shape index (κ1) is 14.2. The van der Waals surface area contributed by atoms with Crippen LogP contribution in [0, 0.1) is 0 Å². The molecule has 0 amide bonds. The van der Waals surface area contributed by atoms with Gasteiger partial charge in [0.15, 0.2) is 0 Å². The van der Waals surface area contributed by atoms with Gasteiger partial charge in [0.2, 0.25) is 0 Å². The maximum Gasteiger partial charge on any atom is 0.0543 e. The molecule has 1 aliphatic rings. The smallest absolute Gasteiger partial charge is 0.0543 e. The van der Waals surface area contributed by atoms with Crippen LogP contribution in [0.1, 0.15) is 29.8 Å². The van der Waals surface area contributed by atoms with E-state index in [1.165, 1.54) is 11.1 Å². The molecule has 1 N–H and O–H groups in total. The molecule has 2 unspecified atom stereocenters. The Morgan fingerprint density at radius 3 is 2.76 bits per heavy atom. The Bertz CT molecular complexity index is 582. The molecule has 110 valence electrons. The molecule has 0 radical (unpaired) electrons. The van der Waals surface area contributed by atoms with E-state index in [-0.39, 0.29) is 0 Å². The van der Waals surface area contributed by atoms with E-state index in [1.54, 1.807) is 0 Å². The van der Waals surface area contributed by atoms with Crippen molar-refractivity contribution in [2.24, 2.45) is 0 Å². The molecule has 0 spiro atoms. The van der Waals surface area contributed by atoms with Crippen LogP contribution >= 0.6 is 0 Å². The number of pyridine rings is 1. The second kappa shape index (κ2) is 6.37. The molecule has 21 heavy (non-hydrogen) atoms. The van der Waals surface area contributed by atoms with E-state index in [9.17, 15) is 0 Å². The Labute approximate surface area is 127 Å². The summed E-state index contributed by atoms with van der Waals surface area (Å²) in [7, 11) is 2.20. The van der Waals surface area contributed by atoms with Crippen LogP contribution in [0.4, 0.5) is 0 Å². The van der Waals surface area contributed by atoms with Crippen molar-refractivity contribution in [3.63, 3.8) is 0 Å². The molecular weight excluding hydrogens is 258 g/mol. The standard InChI is InChI=1S/C18H23N3/c1-3-19-18-16-10-5-4-8-14(16)12-17(18)21(2)13-15-9-6-7-11-20-15/h4-11,17-19H,3,12-13H2,1-2H3. The van der Waals surface area contributed by atoms with Gasteiger partial charge in [0.1, 0.15) is 0 Å². The number of hydrogen-bond donors (Lipinski definition) is 1. The maximum atomic E-state index is 4.45. The van der Waals surface area contributed by atoms with E-state index in [2.05, 4.69) is 65.6 Å². The number of benzene rings is 1. The van der Waals surface area contributed by atoms with Gasteiger partial charge in [0.05, 0.1) is 5.69 Å². The van der Waals surface area contributed by atoms with Crippen LogP contribution in [0.5, 0.6) is 0 Å². The van der Waals surface area contributed by atoms with E-state index in [0.717, 1.165) is 25.2 Å². The minimum absolute atomic E-state index is 0.417. The van der Waals surface area contributed by atoms with Gasteiger partial charge in [-0.25, -0.2) is 0 Å². The van der Waals surface area contributed by atoms with Gasteiger partial charge < -0.3 is 5.32 Å². The topological polar surface area (TPSA) is 28.2 Å². The first-order valence-corrected chi connectivity index (χ1v) is 7.71. The maximum absolute atomic E-state index is 4.45. The lowest BCUT2D eigenvalue weighted by Gasteiger charge is -2.30. The number of nitrogens with zero attached hydrogens (tertiary/aromatic N) is 2. The van der Waals surface area contributed by atoms with E-state index in [1.807, 2.05) is 12.3 Å². The van der Waals surface area contributed by atoms with Crippen molar-refractivity contribution in [3.05, 3.63) is 65.5 Å². The number of aromatic nitrogens is 1. The van der Waals surface area contributed by atoms with Gasteiger partial charge >= 0.3 is 0 Å². The number of nitrogens with one attached hydrogen (secondary N) is 1. The summed E-state index contributed by atoms with van der Waals surface area (Å²) < 4.78 is 0. The average Bonchev–Trinajstić information content (AvgIpc) is 2.88. The zero-order chi connectivity index (χ0) is 14.7. The zero-order valence-corrected chi connectivity index (χ0v) is 12.8. The molecule has 1 aliphatic carbocycles. The van der Waals surface area contributed by atoms with Crippen molar-refractivity contribution in [2.45, 2.75) is 32.0 Å². The minimum atomic E-state index is 0.417. The molecule has 2 atom stereocenters. The molecule has 3 nitrogen and oxygen atoms in total. The molecule has 1 aromatic carbocycles. The third-order valence-corrected chi connectivity index (χ3v) is 4.33. The Kier molecular flexibility index (Phi) is 4.32. The van der Waals surface area contributed by atoms with E-state index >= 15 is 0 Å². The fourth-order valence-corrected chi connectivity index (χ4v) is 3.31. The summed E-state index contributed by atoms with van der Waals surface area (Å²) in [6.45, 7) is 4.06. The first-order valence-electron chi connectivity index (χ1n) is 7.71. The fraction of sp³-hybridized carbons (Fsp3) is 0.389. The molecule has 1 heterocycles. The summed E-state index contributed by atoms with van der Waals surface area (Å²) in [6, 6.07) is 15.8. The van der Waals surface area contributed by atoms with Crippen LogP contribution in [0.3, 0.4) is 0 Å². The largest absolute Gasteiger partial charge is 0.309 e. The Morgan fingerprint density at radius 1 is 1.19 bits per heavy atom. The van der Waals surface area contributed by atoms with Crippen LogP contribution < -0.4 is 5.32 Å². The van der Waals surface area contributed by atoms with Gasteiger partial charge in [-0.2, -0.15) is 0 Å². The second-order valence-electron chi connectivity index (χ2n) is 5.74. The molecule has 0 aliphatic heterocycles. The lowest BCUT2D eigenvalue weighted by molar-refractivity contribution is 0.195. The van der Waals surface area contributed by atoms with Crippen molar-refractivity contribution in [2.75, 3.05) is 13.6 Å². The number of rotatable bonds is 5. The first-order chi connectivity index (χ1) is 10.3. The highest BCUT2D eigenvalue weighted by molar-refractivity contribution is 5.37. The van der Waals surface area contributed by atoms with Gasteiger partial charge in [-0.05, 0) is 43.3 Å². The normalized spacial score (nSPS) is 20.7. The summed E-state index contributed by atoms with van der Waals surface area (Å²) in [6.07, 6.45) is 2.98. The third kappa shape index (κ3) is 2.99. The summed E-state index contributed by atoms with van der Waals surface area (Å²) in [4.78, 5) is 6.87. The summed E-state index contributed by atoms with van der Waals surface area (Å²) >= 11 is 0. The van der Waals surface area contributed by atoms with Crippen LogP contribution in [0.2, 0.25) is 0 Å². The van der Waals surface area contributed by atoms with Crippen molar-refractivity contribution >= 4 is 0 Å². The summed E-state index contributed by atoms with van der Waals surface area (Å²) in [5.41, 5.74) is 4.06. The molecule has 0 bridgehead atoms. The Balaban J connectivity index is 1.78. The van der Waals surface area contributed by atoms with Crippen LogP contribution in [0.15, 0.2) is 48.7 Å². The quantitative estimate of drug-likeness (QED) is 0.913. The highest BCUT2D eigenvalue weighted by atomic mass is 15.2. The predicted molar refractivity (Wildman–Crippen MR) is 86.1 cm³/mol. The molecular formula is C18H23N3. The van der Waals surface area contributed by atoms with Gasteiger partial charge in [0.25, 0.3) is 0 Å². The lowest BCUT2D eigenvalue weighted by Crippen LogP contribution is -2.40. The second-order valence-corrected chi connectivity index (χ2v) is 5.74. The molecule has 0 saturated heterocycles. The number of likely N-dealkylation sites (N-methyl/N-ethyl adjacent to an activating group) is 2. The monoisotopic (exact) mass is 281 g/mol. The van der Waals surface area contributed by atoms with E-state index < -0.39 is 0 Å². The molecule has 0 saturated carbocycles. The number of fused-ring (bicyclic) bond motifs is 1. The van der Waals surface area contributed by atoms with E-state index in [4.69, 9.17) is 0 Å². The van der Waals surface area contributed by atoms with Crippen molar-refractivity contribution in [1.29, 1.82) is 0 Å². The molecule has 2 aromatic rings. The molecule has 3 heteroatoms. The Morgan fingerprint density at radius 2 is 2.00 bits per heavy atom. The predicted octanol–water partition coefficient (Wildman–Crippen LogP) is 2.79. The highest BCUT2D eigenvalue weighted by Gasteiger charge is 2.34. The third-order valence-electron chi connectivity index (χ3n) is 4.33. The van der Waals surface area contributed by atoms with Crippen molar-refractivity contribution in [1.82, 2.24) is 15.2 Å². The van der Waals surface area contributed by atoms with Gasteiger partial charge in [-0.3, -0.25) is 9.88 Å². The molecule has 3 rings (SSSR count). The van der Waals surface area contributed by atoms with Gasteiger partial charge in [-0.1, -0.05) is 37.3 Å². The summed E-state index contributed by atoms with van der Waals surface area (Å²) in [5.74, 6) is 0. The van der Waals surface area contributed by atoms with Crippen LogP contribution in [-0.2, 0) is 13.0 Å². The average molecular weight is 281 g/mol. The van der Waals surface area contributed by atoms with Gasteiger partial charge in [0, 0.05) is 24.8 Å². The van der Waals surface area contributed by atoms with Crippen molar-refractivity contribution in [3.8, 4) is 0 Å². The number of hydrogen-bond acceptors (Lipinski definition) is 3. The Hall–Kier alpha value is -1.71. The molecule has 0 fully saturated rings. The van der Waals surface area contributed by atoms with E-state index in [0.29, 0.717) is 12.1 Å². The highest BCUT2D eigenvalue weighted by Crippen LogP contribution is 2.34. The van der Waals surface area contributed by atoms with Crippen LogP contribution in [-0.4, -0.2) is 29.5 Å². The zero-order valence-electron chi connectivity index (χ0n) is 12.8. The van der Waals surface area contributed by atoms with Gasteiger partial charge in [-0.15, -0.1) is 0 Å². The fourth-order valence-electron chi connectivity index (χ4n) is 3.31. The van der Waals surface area contributed by atoms with Crippen molar-refractivity contribution < 1.29 is 0 Å².